The number of halogens is 2. The quantitative estimate of drug-likeness (QED) is 0.529. The summed E-state index contributed by atoms with van der Waals surface area (Å²) in [5, 5.41) is 10.2. The Morgan fingerprint density at radius 1 is 1.17 bits per heavy atom. The molecule has 162 valence electrons. The first-order chi connectivity index (χ1) is 13.8. The average molecular weight is 500 g/mol. The first kappa shape index (κ1) is 24.0. The number of sulfone groups is 1. The van der Waals surface area contributed by atoms with Crippen LogP contribution in [0.3, 0.4) is 0 Å². The van der Waals surface area contributed by atoms with Gasteiger partial charge >= 0.3 is 6.09 Å². The van der Waals surface area contributed by atoms with E-state index in [4.69, 9.17) is 5.11 Å². The maximum atomic E-state index is 13.1. The van der Waals surface area contributed by atoms with E-state index in [2.05, 4.69) is 21.2 Å². The maximum Gasteiger partial charge on any atom is 0.405 e. The van der Waals surface area contributed by atoms with Crippen molar-refractivity contribution in [1.82, 2.24) is 5.32 Å². The van der Waals surface area contributed by atoms with Gasteiger partial charge in [0.1, 0.15) is 5.82 Å². The molecule has 0 aliphatic heterocycles. The molecule has 9 heteroatoms. The van der Waals surface area contributed by atoms with Crippen LogP contribution in [0.1, 0.15) is 42.3 Å². The number of hydrogen-bond donors (Lipinski definition) is 2. The Morgan fingerprint density at radius 2 is 1.77 bits per heavy atom. The molecular formula is C21H23BrFNO5S. The number of carbonyl (C=O) groups excluding carboxylic acids is 1. The van der Waals surface area contributed by atoms with Crippen LogP contribution in [-0.4, -0.2) is 41.9 Å². The molecule has 0 aromatic heterocycles. The van der Waals surface area contributed by atoms with Crippen molar-refractivity contribution < 1.29 is 27.5 Å². The number of carbonyl (C=O) groups is 2. The molecule has 1 unspecified atom stereocenters. The minimum atomic E-state index is -3.59. The zero-order valence-corrected chi connectivity index (χ0v) is 19.2. The molecule has 0 fully saturated rings. The van der Waals surface area contributed by atoms with Crippen LogP contribution in [0.15, 0.2) is 46.9 Å². The third-order valence-corrected chi connectivity index (χ3v) is 8.14. The summed E-state index contributed by atoms with van der Waals surface area (Å²) < 4.78 is 38.9. The summed E-state index contributed by atoms with van der Waals surface area (Å²) in [4.78, 5) is 23.5. The molecule has 0 heterocycles. The Labute approximate surface area is 183 Å². The fourth-order valence-electron chi connectivity index (χ4n) is 2.92. The molecule has 2 N–H and O–H groups in total. The van der Waals surface area contributed by atoms with E-state index < -0.39 is 32.5 Å². The van der Waals surface area contributed by atoms with Gasteiger partial charge in [0.2, 0.25) is 0 Å². The number of nitrogens with one attached hydrogen (secondary N) is 1. The third-order valence-electron chi connectivity index (χ3n) is 5.04. The number of carboxylic acid groups (broad SMARTS) is 1. The van der Waals surface area contributed by atoms with Crippen LogP contribution in [0.2, 0.25) is 0 Å². The van der Waals surface area contributed by atoms with Crippen LogP contribution in [0.4, 0.5) is 9.18 Å². The summed E-state index contributed by atoms with van der Waals surface area (Å²) >= 11 is 3.35. The minimum Gasteiger partial charge on any atom is -0.465 e. The molecule has 0 aliphatic carbocycles. The van der Waals surface area contributed by atoms with E-state index in [1.54, 1.807) is 18.2 Å². The Balaban J connectivity index is 2.13. The number of hydrogen-bond acceptors (Lipinski definition) is 4. The highest BCUT2D eigenvalue weighted by molar-refractivity contribution is 9.10. The molecule has 2 aromatic carbocycles. The standard InChI is InChI=1S/C21H23BrFNO5S/c1-13(21(2,3)24-20(26)27)30(28,29)11-10-14-4-9-17(18(22)12-14)19(25)15-5-7-16(23)8-6-15/h4-9,12-13,24H,10-11H2,1-3H3,(H,26,27). The van der Waals surface area contributed by atoms with Gasteiger partial charge in [-0.2, -0.15) is 0 Å². The summed E-state index contributed by atoms with van der Waals surface area (Å²) in [6, 6.07) is 10.2. The van der Waals surface area contributed by atoms with Crippen molar-refractivity contribution in [3.05, 3.63) is 69.4 Å². The largest absolute Gasteiger partial charge is 0.465 e. The number of rotatable bonds is 8. The van der Waals surface area contributed by atoms with Gasteiger partial charge < -0.3 is 10.4 Å². The predicted octanol–water partition coefficient (Wildman–Crippen LogP) is 4.21. The minimum absolute atomic E-state index is 0.170. The molecule has 0 saturated heterocycles. The Kier molecular flexibility index (Phi) is 7.41. The van der Waals surface area contributed by atoms with Crippen LogP contribution in [0, 0.1) is 5.82 Å². The predicted molar refractivity (Wildman–Crippen MR) is 116 cm³/mol. The van der Waals surface area contributed by atoms with Gasteiger partial charge in [-0.3, -0.25) is 4.79 Å². The molecule has 0 aliphatic rings. The van der Waals surface area contributed by atoms with Gasteiger partial charge in [0.25, 0.3) is 0 Å². The smallest absolute Gasteiger partial charge is 0.405 e. The van der Waals surface area contributed by atoms with Gasteiger partial charge in [0, 0.05) is 15.6 Å². The van der Waals surface area contributed by atoms with Gasteiger partial charge in [-0.15, -0.1) is 0 Å². The monoisotopic (exact) mass is 499 g/mol. The lowest BCUT2D eigenvalue weighted by Crippen LogP contribution is -2.53. The third kappa shape index (κ3) is 5.89. The number of amides is 1. The molecule has 0 radical (unpaired) electrons. The normalized spacial score (nSPS) is 13.0. The van der Waals surface area contributed by atoms with E-state index in [1.807, 2.05) is 0 Å². The second-order valence-corrected chi connectivity index (χ2v) is 10.9. The lowest BCUT2D eigenvalue weighted by Gasteiger charge is -2.31. The second kappa shape index (κ2) is 9.26. The van der Waals surface area contributed by atoms with E-state index in [0.717, 1.165) is 0 Å². The topological polar surface area (TPSA) is 101 Å². The molecule has 0 bridgehead atoms. The van der Waals surface area contributed by atoms with Gasteiger partial charge in [-0.1, -0.05) is 22.0 Å². The Hall–Kier alpha value is -2.26. The van der Waals surface area contributed by atoms with Crippen LogP contribution < -0.4 is 5.32 Å². The molecule has 0 spiro atoms. The Bertz CT molecular complexity index is 1050. The molecule has 30 heavy (non-hydrogen) atoms. The molecule has 1 atom stereocenters. The first-order valence-corrected chi connectivity index (χ1v) is 11.7. The lowest BCUT2D eigenvalue weighted by molar-refractivity contribution is 0.103. The Morgan fingerprint density at radius 3 is 2.30 bits per heavy atom. The van der Waals surface area contributed by atoms with Crippen molar-refractivity contribution in [2.24, 2.45) is 0 Å². The number of ketones is 1. The molecule has 2 rings (SSSR count). The van der Waals surface area contributed by atoms with Crippen molar-refractivity contribution in [3.8, 4) is 0 Å². The van der Waals surface area contributed by atoms with E-state index >= 15 is 0 Å². The maximum absolute atomic E-state index is 13.1. The van der Waals surface area contributed by atoms with Crippen LogP contribution in [-0.2, 0) is 16.3 Å². The van der Waals surface area contributed by atoms with E-state index in [-0.39, 0.29) is 18.0 Å². The number of aryl methyl sites for hydroxylation is 1. The van der Waals surface area contributed by atoms with E-state index in [0.29, 0.717) is 21.2 Å². The van der Waals surface area contributed by atoms with E-state index in [9.17, 15) is 22.4 Å². The summed E-state index contributed by atoms with van der Waals surface area (Å²) in [7, 11) is -3.59. The molecular weight excluding hydrogens is 477 g/mol. The van der Waals surface area contributed by atoms with Crippen LogP contribution >= 0.6 is 15.9 Å². The average Bonchev–Trinajstić information content (AvgIpc) is 2.65. The highest BCUT2D eigenvalue weighted by Crippen LogP contribution is 2.24. The summed E-state index contributed by atoms with van der Waals surface area (Å²) in [5.41, 5.74) is 0.288. The fraction of sp³-hybridized carbons (Fsp3) is 0.333. The fourth-order valence-corrected chi connectivity index (χ4v) is 5.35. The van der Waals surface area contributed by atoms with Crippen LogP contribution in [0.5, 0.6) is 0 Å². The lowest BCUT2D eigenvalue weighted by atomic mass is 10.0. The summed E-state index contributed by atoms with van der Waals surface area (Å²) in [6.07, 6.45) is -1.08. The second-order valence-electron chi connectivity index (χ2n) is 7.56. The van der Waals surface area contributed by atoms with Crippen LogP contribution in [0.25, 0.3) is 0 Å². The molecule has 0 saturated carbocycles. The SMILES string of the molecule is CC(C(C)(C)NC(=O)O)S(=O)(=O)CCc1ccc(C(=O)c2ccc(F)cc2)c(Br)c1. The van der Waals surface area contributed by atoms with Gasteiger partial charge in [-0.25, -0.2) is 17.6 Å². The van der Waals surface area contributed by atoms with Gasteiger partial charge in [-0.05, 0) is 69.2 Å². The molecule has 6 nitrogen and oxygen atoms in total. The van der Waals surface area contributed by atoms with Crippen molar-refractivity contribution in [2.45, 2.75) is 38.0 Å². The summed E-state index contributed by atoms with van der Waals surface area (Å²) in [5.74, 6) is -0.884. The molecule has 1 amide bonds. The van der Waals surface area contributed by atoms with Crippen molar-refractivity contribution in [1.29, 1.82) is 0 Å². The number of benzene rings is 2. The highest BCUT2D eigenvalue weighted by Gasteiger charge is 2.36. The zero-order valence-electron chi connectivity index (χ0n) is 16.8. The van der Waals surface area contributed by atoms with Gasteiger partial charge in [0.15, 0.2) is 15.6 Å². The first-order valence-electron chi connectivity index (χ1n) is 9.15. The van der Waals surface area contributed by atoms with Crippen molar-refractivity contribution in [3.63, 3.8) is 0 Å². The summed E-state index contributed by atoms with van der Waals surface area (Å²) in [6.45, 7) is 4.53. The zero-order chi connectivity index (χ0) is 22.7. The highest BCUT2D eigenvalue weighted by atomic mass is 79.9. The van der Waals surface area contributed by atoms with E-state index in [1.165, 1.54) is 45.0 Å². The molecule has 2 aromatic rings. The van der Waals surface area contributed by atoms with Crippen molar-refractivity contribution in [2.75, 3.05) is 5.75 Å². The van der Waals surface area contributed by atoms with Crippen molar-refractivity contribution >= 4 is 37.6 Å². The van der Waals surface area contributed by atoms with Gasteiger partial charge in [0.05, 0.1) is 16.5 Å².